The first kappa shape index (κ1) is 25.1. The number of nitrogens with zero attached hydrogens (tertiary/aromatic N) is 5. The number of unbranched alkanes of at least 4 members (excludes halogenated alkanes) is 2. The maximum Gasteiger partial charge on any atom is 0.328 e. The third-order valence-corrected chi connectivity index (χ3v) is 4.69. The molecule has 174 valence electrons. The van der Waals surface area contributed by atoms with Gasteiger partial charge in [0.2, 0.25) is 5.82 Å². The molecule has 1 heterocycles. The fourth-order valence-corrected chi connectivity index (χ4v) is 3.16. The van der Waals surface area contributed by atoms with Crippen LogP contribution in [0.1, 0.15) is 32.1 Å². The summed E-state index contributed by atoms with van der Waals surface area (Å²) in [7, 11) is 7.02. The van der Waals surface area contributed by atoms with Crippen LogP contribution in [0.5, 0.6) is 0 Å². The molecule has 10 nitrogen and oxygen atoms in total. The average molecular weight is 446 g/mol. The number of carbonyl (C=O) groups is 3. The van der Waals surface area contributed by atoms with E-state index in [2.05, 4.69) is 20.7 Å². The second-order valence-electron chi connectivity index (χ2n) is 8.74. The van der Waals surface area contributed by atoms with Crippen molar-refractivity contribution in [2.24, 2.45) is 0 Å². The van der Waals surface area contributed by atoms with Gasteiger partial charge in [-0.15, -0.1) is 10.2 Å². The van der Waals surface area contributed by atoms with Gasteiger partial charge in [0.25, 0.3) is 5.91 Å². The Bertz CT molecular complexity index is 891. The summed E-state index contributed by atoms with van der Waals surface area (Å²) in [6, 6.07) is 8.78. The Hall–Kier alpha value is -3.14. The van der Waals surface area contributed by atoms with E-state index in [0.717, 1.165) is 12.0 Å². The zero-order valence-corrected chi connectivity index (χ0v) is 19.3. The molecule has 1 aromatic heterocycles. The lowest BCUT2D eigenvalue weighted by molar-refractivity contribution is -0.862. The zero-order valence-electron chi connectivity index (χ0n) is 19.3. The predicted octanol–water partition coefficient (Wildman–Crippen LogP) is 1.22. The summed E-state index contributed by atoms with van der Waals surface area (Å²) in [4.78, 5) is 37.6. The molecule has 0 aliphatic rings. The number of quaternary nitrogens is 1. The topological polar surface area (TPSA) is 116 Å². The van der Waals surface area contributed by atoms with Gasteiger partial charge in [-0.3, -0.25) is 9.59 Å². The quantitative estimate of drug-likeness (QED) is 0.280. The van der Waals surface area contributed by atoms with Crippen LogP contribution in [-0.2, 0) is 25.7 Å². The number of hydrogen-bond acceptors (Lipinski definition) is 7. The van der Waals surface area contributed by atoms with Gasteiger partial charge in [-0.25, -0.2) is 4.79 Å². The lowest BCUT2D eigenvalue weighted by Gasteiger charge is -2.24. The molecule has 0 bridgehead atoms. The van der Waals surface area contributed by atoms with Gasteiger partial charge in [0.05, 0.1) is 28.3 Å². The molecule has 1 amide bonds. The van der Waals surface area contributed by atoms with Crippen molar-refractivity contribution >= 4 is 17.7 Å². The standard InChI is InChI=1S/C22H32N6O4/c1-28(2,3)16-20(30)23-19(22(31)32-4)14-10-6-9-13-18(29)15-27-25-21(24-26-27)17-11-7-5-8-12-17/h5,7-8,11-12,19H,6,9-10,13-16H2,1-4H3/p+1/t19-/m0/s1. The highest BCUT2D eigenvalue weighted by atomic mass is 16.5. The molecule has 0 fully saturated rings. The number of Topliss-reactive ketones (excluding diaryl/α,β-unsaturated/α-hetero) is 1. The van der Waals surface area contributed by atoms with Crippen molar-refractivity contribution in [2.75, 3.05) is 34.8 Å². The summed E-state index contributed by atoms with van der Waals surface area (Å²) in [5, 5.41) is 14.9. The van der Waals surface area contributed by atoms with Crippen molar-refractivity contribution in [3.8, 4) is 11.4 Å². The van der Waals surface area contributed by atoms with E-state index in [4.69, 9.17) is 4.74 Å². The average Bonchev–Trinajstić information content (AvgIpc) is 3.19. The Morgan fingerprint density at radius 1 is 1.09 bits per heavy atom. The summed E-state index contributed by atoms with van der Waals surface area (Å²) in [6.45, 7) is 0.343. The zero-order chi connectivity index (χ0) is 23.6. The monoisotopic (exact) mass is 445 g/mol. The van der Waals surface area contributed by atoms with Gasteiger partial charge in [-0.2, -0.15) is 4.80 Å². The summed E-state index contributed by atoms with van der Waals surface area (Å²) in [6.07, 6.45) is 2.98. The van der Waals surface area contributed by atoms with E-state index >= 15 is 0 Å². The Labute approximate surface area is 188 Å². The molecule has 0 aliphatic heterocycles. The maximum absolute atomic E-state index is 12.2. The van der Waals surface area contributed by atoms with E-state index < -0.39 is 12.0 Å². The van der Waals surface area contributed by atoms with Crippen molar-refractivity contribution < 1.29 is 23.6 Å². The largest absolute Gasteiger partial charge is 0.467 e. The molecule has 0 saturated carbocycles. The molecule has 1 N–H and O–H groups in total. The van der Waals surface area contributed by atoms with E-state index in [1.807, 2.05) is 51.5 Å². The van der Waals surface area contributed by atoms with Crippen LogP contribution in [0.3, 0.4) is 0 Å². The minimum Gasteiger partial charge on any atom is -0.467 e. The van der Waals surface area contributed by atoms with Gasteiger partial charge in [0.15, 0.2) is 12.3 Å². The maximum atomic E-state index is 12.2. The van der Waals surface area contributed by atoms with Crippen LogP contribution in [0.25, 0.3) is 11.4 Å². The van der Waals surface area contributed by atoms with E-state index in [1.54, 1.807) is 0 Å². The molecular weight excluding hydrogens is 412 g/mol. The molecule has 1 aromatic carbocycles. The number of ether oxygens (including phenoxy) is 1. The van der Waals surface area contributed by atoms with Crippen LogP contribution in [-0.4, -0.2) is 83.2 Å². The number of esters is 1. The van der Waals surface area contributed by atoms with Crippen LogP contribution >= 0.6 is 0 Å². The summed E-state index contributed by atoms with van der Waals surface area (Å²) in [5.41, 5.74) is 0.847. The number of amides is 1. The molecule has 10 heteroatoms. The predicted molar refractivity (Wildman–Crippen MR) is 118 cm³/mol. The lowest BCUT2D eigenvalue weighted by Crippen LogP contribution is -2.49. The molecule has 2 rings (SSSR count). The summed E-state index contributed by atoms with van der Waals surface area (Å²) in [5.74, 6) is -0.150. The molecule has 0 spiro atoms. The number of ketones is 1. The molecule has 32 heavy (non-hydrogen) atoms. The normalized spacial score (nSPS) is 12.2. The van der Waals surface area contributed by atoms with E-state index in [-0.39, 0.29) is 24.8 Å². The second kappa shape index (κ2) is 12.0. The molecule has 0 radical (unpaired) electrons. The second-order valence-corrected chi connectivity index (χ2v) is 8.74. The fraction of sp³-hybridized carbons (Fsp3) is 0.545. The van der Waals surface area contributed by atoms with Crippen LogP contribution < -0.4 is 5.32 Å². The summed E-state index contributed by atoms with van der Waals surface area (Å²) >= 11 is 0. The number of likely N-dealkylation sites (N-methyl/N-ethyl adjacent to an activating group) is 1. The Kier molecular flexibility index (Phi) is 9.45. The number of aromatic nitrogens is 4. The van der Waals surface area contributed by atoms with E-state index in [1.165, 1.54) is 11.9 Å². The van der Waals surface area contributed by atoms with Gasteiger partial charge in [0.1, 0.15) is 12.6 Å². The Morgan fingerprint density at radius 3 is 2.47 bits per heavy atom. The first-order valence-corrected chi connectivity index (χ1v) is 10.7. The SMILES string of the molecule is COC(=O)[C@H](CCCCCC(=O)Cn1nnc(-c2ccccc2)n1)NC(=O)C[N+](C)(C)C. The van der Waals surface area contributed by atoms with Gasteiger partial charge in [-0.1, -0.05) is 43.2 Å². The highest BCUT2D eigenvalue weighted by molar-refractivity contribution is 5.84. The van der Waals surface area contributed by atoms with Crippen molar-refractivity contribution in [1.82, 2.24) is 25.5 Å². The number of rotatable bonds is 13. The van der Waals surface area contributed by atoms with Crippen molar-refractivity contribution in [3.63, 3.8) is 0 Å². The number of carbonyl (C=O) groups excluding carboxylic acids is 3. The van der Waals surface area contributed by atoms with Gasteiger partial charge in [0, 0.05) is 12.0 Å². The van der Waals surface area contributed by atoms with Crippen molar-refractivity contribution in [2.45, 2.75) is 44.7 Å². The Morgan fingerprint density at radius 2 is 1.81 bits per heavy atom. The molecule has 2 aromatic rings. The Balaban J connectivity index is 1.71. The highest BCUT2D eigenvalue weighted by Gasteiger charge is 2.24. The minimum absolute atomic E-state index is 0.0165. The number of hydrogen-bond donors (Lipinski definition) is 1. The van der Waals surface area contributed by atoms with Crippen LogP contribution in [0.4, 0.5) is 0 Å². The van der Waals surface area contributed by atoms with Crippen molar-refractivity contribution in [1.29, 1.82) is 0 Å². The molecular formula is C22H33N6O4+. The number of methoxy groups -OCH3 is 1. The van der Waals surface area contributed by atoms with Gasteiger partial charge in [-0.05, 0) is 18.1 Å². The molecule has 0 unspecified atom stereocenters. The van der Waals surface area contributed by atoms with Crippen LogP contribution in [0, 0.1) is 0 Å². The first-order valence-electron chi connectivity index (χ1n) is 10.7. The van der Waals surface area contributed by atoms with Gasteiger partial charge < -0.3 is 14.5 Å². The molecule has 0 aliphatic carbocycles. The summed E-state index contributed by atoms with van der Waals surface area (Å²) < 4.78 is 5.27. The van der Waals surface area contributed by atoms with Crippen molar-refractivity contribution in [3.05, 3.63) is 30.3 Å². The van der Waals surface area contributed by atoms with E-state index in [0.29, 0.717) is 36.0 Å². The molecule has 1 atom stereocenters. The van der Waals surface area contributed by atoms with Gasteiger partial charge >= 0.3 is 5.97 Å². The molecule has 0 saturated heterocycles. The number of nitrogens with one attached hydrogen (secondary N) is 1. The lowest BCUT2D eigenvalue weighted by atomic mass is 10.1. The smallest absolute Gasteiger partial charge is 0.328 e. The minimum atomic E-state index is -0.675. The van der Waals surface area contributed by atoms with Crippen LogP contribution in [0.2, 0.25) is 0 Å². The highest BCUT2D eigenvalue weighted by Crippen LogP contribution is 2.12. The third kappa shape index (κ3) is 8.93. The number of benzene rings is 1. The third-order valence-electron chi connectivity index (χ3n) is 4.69. The first-order chi connectivity index (χ1) is 15.2. The van der Waals surface area contributed by atoms with E-state index in [9.17, 15) is 14.4 Å². The number of tetrazole rings is 1. The fourth-order valence-electron chi connectivity index (χ4n) is 3.16. The van der Waals surface area contributed by atoms with Crippen LogP contribution in [0.15, 0.2) is 30.3 Å².